The second-order valence-corrected chi connectivity index (χ2v) is 6.60. The summed E-state index contributed by atoms with van der Waals surface area (Å²) in [4.78, 5) is 2.01. The van der Waals surface area contributed by atoms with Crippen LogP contribution in [0.4, 0.5) is 0 Å². The van der Waals surface area contributed by atoms with Crippen LogP contribution in [0, 0.1) is 0 Å². The first-order valence-electron chi connectivity index (χ1n) is 3.25. The minimum atomic E-state index is -1.23. The van der Waals surface area contributed by atoms with Gasteiger partial charge in [0.1, 0.15) is 0 Å². The molecule has 0 aliphatic heterocycles. The smallest absolute Gasteiger partial charge is 0.0992 e. The maximum absolute atomic E-state index is 4.45. The Labute approximate surface area is 64.0 Å². The fraction of sp³-hybridized carbons (Fsp3) is 0.714. The Morgan fingerprint density at radius 3 is 1.90 bits per heavy atom. The third-order valence-electron chi connectivity index (χ3n) is 1.06. The number of hydrogen-bond donors (Lipinski definition) is 0. The molecule has 2 nitrogen and oxygen atoms in total. The van der Waals surface area contributed by atoms with Crippen molar-refractivity contribution in [1.29, 1.82) is 0 Å². The molecule has 0 saturated heterocycles. The molecule has 3 heteroatoms. The van der Waals surface area contributed by atoms with Crippen LogP contribution >= 0.6 is 7.04 Å². The van der Waals surface area contributed by atoms with Crippen molar-refractivity contribution in [3.8, 4) is 0 Å². The van der Waals surface area contributed by atoms with Gasteiger partial charge in [0, 0.05) is 14.1 Å². The molecule has 0 saturated carbocycles. The number of hydrogen-bond acceptors (Lipinski definition) is 1. The van der Waals surface area contributed by atoms with Crippen molar-refractivity contribution in [1.82, 2.24) is 4.90 Å². The molecular weight excluding hydrogens is 143 g/mol. The Morgan fingerprint density at radius 1 is 1.40 bits per heavy atom. The van der Waals surface area contributed by atoms with Crippen molar-refractivity contribution in [2.24, 2.45) is 4.76 Å². The van der Waals surface area contributed by atoms with E-state index in [-0.39, 0.29) is 0 Å². The minimum Gasteiger partial charge on any atom is -0.366 e. The summed E-state index contributed by atoms with van der Waals surface area (Å²) in [5.74, 6) is 1.06. The van der Waals surface area contributed by atoms with Gasteiger partial charge in [0.05, 0.1) is 5.84 Å². The molecule has 60 valence electrons. The molecule has 0 amide bonds. The van der Waals surface area contributed by atoms with Gasteiger partial charge in [0.2, 0.25) is 0 Å². The number of nitrogens with zero attached hydrogens (tertiary/aromatic N) is 2. The third-order valence-corrected chi connectivity index (χ3v) is 1.89. The van der Waals surface area contributed by atoms with Crippen LogP contribution in [0.5, 0.6) is 0 Å². The fourth-order valence-electron chi connectivity index (χ4n) is 0.481. The van der Waals surface area contributed by atoms with Gasteiger partial charge in [-0.15, -0.1) is 0 Å². The van der Waals surface area contributed by atoms with Crippen LogP contribution in [-0.2, 0) is 0 Å². The van der Waals surface area contributed by atoms with Crippen molar-refractivity contribution in [3.05, 3.63) is 0 Å². The van der Waals surface area contributed by atoms with Gasteiger partial charge in [0.25, 0.3) is 0 Å². The van der Waals surface area contributed by atoms with Crippen LogP contribution in [0.1, 0.15) is 6.92 Å². The molecule has 0 radical (unpaired) electrons. The molecule has 0 heterocycles. The Bertz CT molecular complexity index is 176. The van der Waals surface area contributed by atoms with Crippen molar-refractivity contribution >= 4 is 19.2 Å². The van der Waals surface area contributed by atoms with Gasteiger partial charge in [-0.25, -0.2) is 0 Å². The Balaban J connectivity index is 4.33. The third kappa shape index (κ3) is 4.63. The molecule has 0 spiro atoms. The lowest BCUT2D eigenvalue weighted by Gasteiger charge is -2.14. The van der Waals surface area contributed by atoms with E-state index in [0.29, 0.717) is 0 Å². The minimum absolute atomic E-state index is 1.06. The lowest BCUT2D eigenvalue weighted by molar-refractivity contribution is 0.620. The molecule has 0 atom stereocenters. The molecule has 0 aromatic rings. The van der Waals surface area contributed by atoms with E-state index in [4.69, 9.17) is 0 Å². The fourth-order valence-corrected chi connectivity index (χ4v) is 1.44. The van der Waals surface area contributed by atoms with Gasteiger partial charge in [-0.1, -0.05) is 6.30 Å². The highest BCUT2D eigenvalue weighted by Gasteiger charge is 1.97. The molecule has 0 unspecified atom stereocenters. The Hall–Kier alpha value is -0.230. The number of amidine groups is 1. The van der Waals surface area contributed by atoms with Gasteiger partial charge >= 0.3 is 0 Å². The molecule has 0 aliphatic rings. The predicted molar refractivity (Wildman–Crippen MR) is 52.7 cm³/mol. The highest BCUT2D eigenvalue weighted by Crippen LogP contribution is 2.36. The monoisotopic (exact) mass is 160 g/mol. The first kappa shape index (κ1) is 9.77. The van der Waals surface area contributed by atoms with Crippen LogP contribution in [0.3, 0.4) is 0 Å². The molecular formula is C7H17N2P. The van der Waals surface area contributed by atoms with Gasteiger partial charge in [-0.2, -0.15) is 0 Å². The lowest BCUT2D eigenvalue weighted by atomic mass is 10.6. The average Bonchev–Trinajstić information content (AvgIpc) is 1.60. The average molecular weight is 160 g/mol. The first-order valence-corrected chi connectivity index (χ1v) is 6.07. The maximum atomic E-state index is 4.45. The zero-order chi connectivity index (χ0) is 8.36. The van der Waals surface area contributed by atoms with E-state index in [0.717, 1.165) is 5.84 Å². The standard InChI is InChI=1S/C7H17N2P/c1-7(9(2)3)8-10(4,5)6/h4H2,1-3,5-6H3/b8-7+. The van der Waals surface area contributed by atoms with Crippen LogP contribution in [-0.4, -0.2) is 44.5 Å². The van der Waals surface area contributed by atoms with Crippen LogP contribution in [0.2, 0.25) is 0 Å². The molecule has 0 aliphatic carbocycles. The summed E-state index contributed by atoms with van der Waals surface area (Å²) >= 11 is 0. The summed E-state index contributed by atoms with van der Waals surface area (Å²) in [6.07, 6.45) is 3.99. The van der Waals surface area contributed by atoms with Gasteiger partial charge < -0.3 is 4.90 Å². The van der Waals surface area contributed by atoms with Crippen LogP contribution in [0.25, 0.3) is 0 Å². The van der Waals surface area contributed by atoms with E-state index in [1.54, 1.807) is 0 Å². The molecule has 10 heavy (non-hydrogen) atoms. The molecule has 0 fully saturated rings. The molecule has 0 aromatic carbocycles. The van der Waals surface area contributed by atoms with E-state index < -0.39 is 7.04 Å². The summed E-state index contributed by atoms with van der Waals surface area (Å²) in [6, 6.07) is 0. The summed E-state index contributed by atoms with van der Waals surface area (Å²) in [5.41, 5.74) is 0. The van der Waals surface area contributed by atoms with Crippen molar-refractivity contribution in [2.45, 2.75) is 6.92 Å². The van der Waals surface area contributed by atoms with E-state index in [9.17, 15) is 0 Å². The quantitative estimate of drug-likeness (QED) is 0.323. The Kier molecular flexibility index (Phi) is 3.17. The van der Waals surface area contributed by atoms with E-state index >= 15 is 0 Å². The molecule has 0 aromatic heterocycles. The van der Waals surface area contributed by atoms with Crippen LogP contribution < -0.4 is 0 Å². The summed E-state index contributed by atoms with van der Waals surface area (Å²) < 4.78 is 4.45. The van der Waals surface area contributed by atoms with Crippen molar-refractivity contribution in [2.75, 3.05) is 27.4 Å². The normalized spacial score (nSPS) is 13.5. The summed E-state index contributed by atoms with van der Waals surface area (Å²) in [7, 11) is 2.76. The number of rotatable bonds is 1. The zero-order valence-corrected chi connectivity index (χ0v) is 8.44. The van der Waals surface area contributed by atoms with Crippen LogP contribution in [0.15, 0.2) is 4.76 Å². The van der Waals surface area contributed by atoms with Crippen molar-refractivity contribution < 1.29 is 0 Å². The van der Waals surface area contributed by atoms with Gasteiger partial charge in [-0.05, 0) is 27.3 Å². The molecule has 0 N–H and O–H groups in total. The topological polar surface area (TPSA) is 15.6 Å². The van der Waals surface area contributed by atoms with Gasteiger partial charge in [-0.3, -0.25) is 4.76 Å². The maximum Gasteiger partial charge on any atom is 0.0992 e. The highest BCUT2D eigenvalue weighted by molar-refractivity contribution is 7.71. The molecule has 0 rings (SSSR count). The van der Waals surface area contributed by atoms with E-state index in [2.05, 4.69) is 24.4 Å². The Morgan fingerprint density at radius 2 is 1.80 bits per heavy atom. The SMILES string of the molecule is C=P(C)(C)/N=C(\C)N(C)C. The van der Waals surface area contributed by atoms with Gasteiger partial charge in [0.15, 0.2) is 0 Å². The van der Waals surface area contributed by atoms with E-state index in [1.807, 2.05) is 25.9 Å². The lowest BCUT2D eigenvalue weighted by Crippen LogP contribution is -2.17. The zero-order valence-electron chi connectivity index (χ0n) is 7.55. The summed E-state index contributed by atoms with van der Waals surface area (Å²) in [5, 5.41) is 0. The molecule has 0 bridgehead atoms. The van der Waals surface area contributed by atoms with E-state index in [1.165, 1.54) is 0 Å². The van der Waals surface area contributed by atoms with Crippen molar-refractivity contribution in [3.63, 3.8) is 0 Å². The highest BCUT2D eigenvalue weighted by atomic mass is 31.2. The largest absolute Gasteiger partial charge is 0.366 e. The first-order chi connectivity index (χ1) is 4.33. The second-order valence-electron chi connectivity index (χ2n) is 3.16. The predicted octanol–water partition coefficient (Wildman–Crippen LogP) is 1.59. The summed E-state index contributed by atoms with van der Waals surface area (Å²) in [6.45, 7) is 6.20. The second kappa shape index (κ2) is 3.25.